The monoisotopic (exact) mass is 323 g/mol. The molecule has 124 valence electrons. The molecule has 1 saturated heterocycles. The lowest BCUT2D eigenvalue weighted by molar-refractivity contribution is 0.0954. The van der Waals surface area contributed by atoms with Gasteiger partial charge in [0, 0.05) is 32.5 Å². The van der Waals surface area contributed by atoms with E-state index in [1.54, 1.807) is 19.3 Å². The van der Waals surface area contributed by atoms with Crippen molar-refractivity contribution in [2.75, 3.05) is 18.5 Å². The Balaban J connectivity index is 1.94. The number of anilines is 1. The molecule has 0 aliphatic carbocycles. The Hall–Kier alpha value is -2.81. The Morgan fingerprint density at radius 3 is 2.83 bits per heavy atom. The summed E-state index contributed by atoms with van der Waals surface area (Å²) in [5.74, 6) is 0.795. The van der Waals surface area contributed by atoms with E-state index >= 15 is 0 Å². The Morgan fingerprint density at radius 1 is 1.33 bits per heavy atom. The largest absolute Gasteiger partial charge is 0.354 e. The SMILES string of the molecule is CNC(=O)c1ccc([C@H]2CCCCN2c2ccc(C#N)cn2)n1C. The van der Waals surface area contributed by atoms with Gasteiger partial charge in [0.2, 0.25) is 0 Å². The molecule has 1 amide bonds. The van der Waals surface area contributed by atoms with Gasteiger partial charge in [0.25, 0.3) is 5.91 Å². The number of pyridine rings is 1. The summed E-state index contributed by atoms with van der Waals surface area (Å²) in [7, 11) is 3.57. The van der Waals surface area contributed by atoms with Crippen molar-refractivity contribution in [2.24, 2.45) is 7.05 Å². The first kappa shape index (κ1) is 16.1. The van der Waals surface area contributed by atoms with Gasteiger partial charge in [-0.2, -0.15) is 5.26 Å². The zero-order valence-electron chi connectivity index (χ0n) is 14.0. The first-order valence-electron chi connectivity index (χ1n) is 8.16. The van der Waals surface area contributed by atoms with Crippen LogP contribution >= 0.6 is 0 Å². The molecular formula is C18H21N5O. The number of rotatable bonds is 3. The first-order chi connectivity index (χ1) is 11.7. The summed E-state index contributed by atoms with van der Waals surface area (Å²) in [4.78, 5) is 18.7. The van der Waals surface area contributed by atoms with Gasteiger partial charge in [0.1, 0.15) is 17.6 Å². The van der Waals surface area contributed by atoms with Crippen LogP contribution in [0, 0.1) is 11.3 Å². The van der Waals surface area contributed by atoms with Crippen LogP contribution in [0.25, 0.3) is 0 Å². The predicted molar refractivity (Wildman–Crippen MR) is 91.7 cm³/mol. The maximum Gasteiger partial charge on any atom is 0.267 e. The summed E-state index contributed by atoms with van der Waals surface area (Å²) >= 11 is 0. The molecule has 6 heteroatoms. The highest BCUT2D eigenvalue weighted by atomic mass is 16.1. The van der Waals surface area contributed by atoms with E-state index in [1.165, 1.54) is 0 Å². The van der Waals surface area contributed by atoms with Crippen LogP contribution in [-0.4, -0.2) is 29.1 Å². The molecule has 24 heavy (non-hydrogen) atoms. The average molecular weight is 323 g/mol. The van der Waals surface area contributed by atoms with Crippen molar-refractivity contribution in [1.82, 2.24) is 14.9 Å². The fraction of sp³-hybridized carbons (Fsp3) is 0.389. The van der Waals surface area contributed by atoms with E-state index < -0.39 is 0 Å². The highest BCUT2D eigenvalue weighted by Gasteiger charge is 2.28. The first-order valence-corrected chi connectivity index (χ1v) is 8.16. The topological polar surface area (TPSA) is 74.0 Å². The number of nitrogens with zero attached hydrogens (tertiary/aromatic N) is 4. The van der Waals surface area contributed by atoms with E-state index in [-0.39, 0.29) is 11.9 Å². The fourth-order valence-corrected chi connectivity index (χ4v) is 3.35. The smallest absolute Gasteiger partial charge is 0.267 e. The predicted octanol–water partition coefficient (Wildman–Crippen LogP) is 2.38. The molecular weight excluding hydrogens is 302 g/mol. The second kappa shape index (κ2) is 6.75. The number of hydrogen-bond donors (Lipinski definition) is 1. The minimum atomic E-state index is -0.0809. The van der Waals surface area contributed by atoms with Crippen molar-refractivity contribution in [1.29, 1.82) is 5.26 Å². The van der Waals surface area contributed by atoms with Crippen LogP contribution in [0.1, 0.15) is 47.1 Å². The number of nitrogens with one attached hydrogen (secondary N) is 1. The van der Waals surface area contributed by atoms with Gasteiger partial charge in [-0.1, -0.05) is 0 Å². The number of hydrogen-bond acceptors (Lipinski definition) is 4. The normalized spacial score (nSPS) is 17.4. The van der Waals surface area contributed by atoms with Crippen LogP contribution < -0.4 is 10.2 Å². The number of carbonyl (C=O) groups excluding carboxylic acids is 1. The van der Waals surface area contributed by atoms with Crippen molar-refractivity contribution in [3.05, 3.63) is 47.4 Å². The molecule has 0 spiro atoms. The average Bonchev–Trinajstić information content (AvgIpc) is 3.02. The summed E-state index contributed by atoms with van der Waals surface area (Å²) < 4.78 is 1.96. The van der Waals surface area contributed by atoms with Crippen LogP contribution in [0.15, 0.2) is 30.5 Å². The van der Waals surface area contributed by atoms with E-state index in [1.807, 2.05) is 29.8 Å². The fourth-order valence-electron chi connectivity index (χ4n) is 3.35. The Bertz CT molecular complexity index is 772. The Labute approximate surface area is 141 Å². The summed E-state index contributed by atoms with van der Waals surface area (Å²) in [6.07, 6.45) is 4.90. The van der Waals surface area contributed by atoms with E-state index in [2.05, 4.69) is 21.3 Å². The third-order valence-corrected chi connectivity index (χ3v) is 4.64. The third-order valence-electron chi connectivity index (χ3n) is 4.64. The molecule has 2 aromatic rings. The summed E-state index contributed by atoms with van der Waals surface area (Å²) in [6, 6.07) is 9.88. The number of aromatic nitrogens is 2. The molecule has 1 aliphatic heterocycles. The van der Waals surface area contributed by atoms with Crippen LogP contribution in [0.2, 0.25) is 0 Å². The van der Waals surface area contributed by atoms with E-state index in [4.69, 9.17) is 5.26 Å². The van der Waals surface area contributed by atoms with E-state index in [0.29, 0.717) is 11.3 Å². The molecule has 1 N–H and O–H groups in total. The second-order valence-electron chi connectivity index (χ2n) is 6.00. The van der Waals surface area contributed by atoms with Gasteiger partial charge in [-0.25, -0.2) is 4.98 Å². The van der Waals surface area contributed by atoms with Gasteiger partial charge in [0.15, 0.2) is 0 Å². The van der Waals surface area contributed by atoms with Crippen molar-refractivity contribution in [3.63, 3.8) is 0 Å². The molecule has 1 atom stereocenters. The van der Waals surface area contributed by atoms with Crippen LogP contribution in [0.4, 0.5) is 5.82 Å². The van der Waals surface area contributed by atoms with E-state index in [0.717, 1.165) is 37.3 Å². The van der Waals surface area contributed by atoms with Crippen molar-refractivity contribution >= 4 is 11.7 Å². The number of piperidine rings is 1. The quantitative estimate of drug-likeness (QED) is 0.941. The zero-order chi connectivity index (χ0) is 17.1. The molecule has 0 saturated carbocycles. The zero-order valence-corrected chi connectivity index (χ0v) is 14.0. The third kappa shape index (κ3) is 2.85. The summed E-state index contributed by atoms with van der Waals surface area (Å²) in [5, 5.41) is 11.6. The lowest BCUT2D eigenvalue weighted by Crippen LogP contribution is -2.35. The number of carbonyl (C=O) groups is 1. The molecule has 1 aliphatic rings. The molecule has 6 nitrogen and oxygen atoms in total. The van der Waals surface area contributed by atoms with Crippen molar-refractivity contribution in [2.45, 2.75) is 25.3 Å². The minimum Gasteiger partial charge on any atom is -0.354 e. The lowest BCUT2D eigenvalue weighted by Gasteiger charge is -2.37. The highest BCUT2D eigenvalue weighted by Crippen LogP contribution is 2.34. The van der Waals surface area contributed by atoms with Crippen molar-refractivity contribution in [3.8, 4) is 6.07 Å². The summed E-state index contributed by atoms with van der Waals surface area (Å²) in [6.45, 7) is 0.921. The molecule has 3 heterocycles. The van der Waals surface area contributed by atoms with Gasteiger partial charge < -0.3 is 14.8 Å². The second-order valence-corrected chi connectivity index (χ2v) is 6.00. The Kier molecular flexibility index (Phi) is 4.52. The molecule has 0 bridgehead atoms. The number of amides is 1. The van der Waals surface area contributed by atoms with Gasteiger partial charge in [-0.15, -0.1) is 0 Å². The molecule has 3 rings (SSSR count). The number of nitriles is 1. The van der Waals surface area contributed by atoms with Gasteiger partial charge in [-0.3, -0.25) is 4.79 Å². The standard InChI is InChI=1S/C18H21N5O/c1-20-18(24)16-8-7-14(22(16)2)15-5-3-4-10-23(15)17-9-6-13(11-19)12-21-17/h6-9,12,15H,3-5,10H2,1-2H3,(H,20,24)/t15-/m1/s1. The maximum atomic E-state index is 12.0. The highest BCUT2D eigenvalue weighted by molar-refractivity contribution is 5.92. The van der Waals surface area contributed by atoms with Gasteiger partial charge >= 0.3 is 0 Å². The molecule has 1 fully saturated rings. The molecule has 0 aromatic carbocycles. The van der Waals surface area contributed by atoms with Gasteiger partial charge in [-0.05, 0) is 43.5 Å². The molecule has 2 aromatic heterocycles. The Morgan fingerprint density at radius 2 is 2.17 bits per heavy atom. The van der Waals surface area contributed by atoms with Crippen LogP contribution in [0.3, 0.4) is 0 Å². The lowest BCUT2D eigenvalue weighted by atomic mass is 9.99. The van der Waals surface area contributed by atoms with E-state index in [9.17, 15) is 4.79 Å². The van der Waals surface area contributed by atoms with Crippen molar-refractivity contribution < 1.29 is 4.79 Å². The van der Waals surface area contributed by atoms with Crippen LogP contribution in [-0.2, 0) is 7.05 Å². The molecule has 0 unspecified atom stereocenters. The summed E-state index contributed by atoms with van der Waals surface area (Å²) in [5.41, 5.74) is 2.33. The van der Waals surface area contributed by atoms with Gasteiger partial charge in [0.05, 0.1) is 11.6 Å². The minimum absolute atomic E-state index is 0.0809. The molecule has 0 radical (unpaired) electrons. The maximum absolute atomic E-state index is 12.0. The van der Waals surface area contributed by atoms with Crippen LogP contribution in [0.5, 0.6) is 0 Å².